The highest BCUT2D eigenvalue weighted by Gasteiger charge is 2.42. The van der Waals surface area contributed by atoms with E-state index in [4.69, 9.17) is 4.74 Å². The Morgan fingerprint density at radius 3 is 2.85 bits per heavy atom. The number of nitrogens with one attached hydrogen (secondary N) is 2. The Bertz CT molecular complexity index is 542. The fraction of sp³-hybridized carbons (Fsp3) is 0.773. The molecule has 2 aliphatic heterocycles. The average Bonchev–Trinajstić information content (AvgIpc) is 2.66. The van der Waals surface area contributed by atoms with E-state index in [1.807, 2.05) is 0 Å². The van der Waals surface area contributed by atoms with Gasteiger partial charge in [-0.15, -0.1) is 0 Å². The normalized spacial score (nSPS) is 24.5. The SMILES string of the molecule is CCC(CC)C(=O)NCCCC1CC2(CCNCC2)OC2=C1C=CCC2. The van der Waals surface area contributed by atoms with Gasteiger partial charge in [0, 0.05) is 18.9 Å². The van der Waals surface area contributed by atoms with Crippen LogP contribution >= 0.6 is 0 Å². The van der Waals surface area contributed by atoms with Gasteiger partial charge < -0.3 is 15.4 Å². The second-order valence-electron chi connectivity index (χ2n) is 8.20. The van der Waals surface area contributed by atoms with E-state index in [1.54, 1.807) is 0 Å². The van der Waals surface area contributed by atoms with Gasteiger partial charge in [0.2, 0.25) is 5.91 Å². The first-order chi connectivity index (χ1) is 12.7. The summed E-state index contributed by atoms with van der Waals surface area (Å²) in [4.78, 5) is 12.2. The van der Waals surface area contributed by atoms with Gasteiger partial charge in [0.1, 0.15) is 11.4 Å². The van der Waals surface area contributed by atoms with Crippen LogP contribution < -0.4 is 10.6 Å². The first-order valence-corrected chi connectivity index (χ1v) is 10.7. The first kappa shape index (κ1) is 19.5. The summed E-state index contributed by atoms with van der Waals surface area (Å²) in [6.07, 6.45) is 14.2. The van der Waals surface area contributed by atoms with Gasteiger partial charge in [-0.3, -0.25) is 4.79 Å². The molecule has 1 fully saturated rings. The monoisotopic (exact) mass is 360 g/mol. The van der Waals surface area contributed by atoms with Gasteiger partial charge in [0.25, 0.3) is 0 Å². The molecule has 1 atom stereocenters. The van der Waals surface area contributed by atoms with Gasteiger partial charge in [-0.2, -0.15) is 0 Å². The number of amides is 1. The summed E-state index contributed by atoms with van der Waals surface area (Å²) in [6.45, 7) is 7.12. The maximum absolute atomic E-state index is 12.2. The van der Waals surface area contributed by atoms with E-state index in [0.29, 0.717) is 5.92 Å². The van der Waals surface area contributed by atoms with Crippen LogP contribution in [-0.4, -0.2) is 31.1 Å². The van der Waals surface area contributed by atoms with Gasteiger partial charge in [0.05, 0.1) is 0 Å². The minimum Gasteiger partial charge on any atom is -0.491 e. The average molecular weight is 361 g/mol. The van der Waals surface area contributed by atoms with Crippen LogP contribution in [0.1, 0.15) is 71.6 Å². The molecule has 1 aliphatic carbocycles. The number of ether oxygens (including phenoxy) is 1. The van der Waals surface area contributed by atoms with Crippen molar-refractivity contribution in [3.05, 3.63) is 23.5 Å². The summed E-state index contributed by atoms with van der Waals surface area (Å²) in [5.41, 5.74) is 1.49. The lowest BCUT2D eigenvalue weighted by Crippen LogP contribution is -2.47. The maximum atomic E-state index is 12.2. The fourth-order valence-corrected chi connectivity index (χ4v) is 4.81. The molecule has 1 saturated heterocycles. The number of carbonyl (C=O) groups excluding carboxylic acids is 1. The lowest BCUT2D eigenvalue weighted by atomic mass is 9.74. The highest BCUT2D eigenvalue weighted by Crippen LogP contribution is 2.45. The van der Waals surface area contributed by atoms with Crippen LogP contribution in [0.3, 0.4) is 0 Å². The quantitative estimate of drug-likeness (QED) is 0.673. The molecule has 3 rings (SSSR count). The fourth-order valence-electron chi connectivity index (χ4n) is 4.81. The highest BCUT2D eigenvalue weighted by molar-refractivity contribution is 5.78. The van der Waals surface area contributed by atoms with Gasteiger partial charge >= 0.3 is 0 Å². The minimum atomic E-state index is 0.0543. The van der Waals surface area contributed by atoms with Gasteiger partial charge in [-0.1, -0.05) is 26.0 Å². The van der Waals surface area contributed by atoms with E-state index in [2.05, 4.69) is 36.6 Å². The van der Waals surface area contributed by atoms with Crippen LogP contribution in [0.4, 0.5) is 0 Å². The highest BCUT2D eigenvalue weighted by atomic mass is 16.5. The Hall–Kier alpha value is -1.29. The van der Waals surface area contributed by atoms with E-state index >= 15 is 0 Å². The second-order valence-corrected chi connectivity index (χ2v) is 8.20. The third kappa shape index (κ3) is 4.51. The Labute approximate surface area is 158 Å². The number of carbonyl (C=O) groups is 1. The second kappa shape index (κ2) is 9.07. The van der Waals surface area contributed by atoms with E-state index in [1.165, 1.54) is 11.3 Å². The molecule has 0 aromatic heterocycles. The lowest BCUT2D eigenvalue weighted by molar-refractivity contribution is -0.125. The largest absolute Gasteiger partial charge is 0.491 e. The van der Waals surface area contributed by atoms with E-state index in [0.717, 1.165) is 77.4 Å². The third-order valence-electron chi connectivity index (χ3n) is 6.46. The lowest BCUT2D eigenvalue weighted by Gasteiger charge is -2.46. The van der Waals surface area contributed by atoms with Crippen LogP contribution in [0.2, 0.25) is 0 Å². The van der Waals surface area contributed by atoms with Crippen LogP contribution in [0.5, 0.6) is 0 Å². The molecule has 0 aromatic rings. The molecule has 26 heavy (non-hydrogen) atoms. The van der Waals surface area contributed by atoms with Crippen LogP contribution in [-0.2, 0) is 9.53 Å². The van der Waals surface area contributed by atoms with Gasteiger partial charge in [-0.25, -0.2) is 0 Å². The van der Waals surface area contributed by atoms with Crippen molar-refractivity contribution < 1.29 is 9.53 Å². The zero-order chi connectivity index (χ0) is 18.4. The van der Waals surface area contributed by atoms with E-state index in [9.17, 15) is 4.79 Å². The zero-order valence-electron chi connectivity index (χ0n) is 16.6. The van der Waals surface area contributed by atoms with Crippen molar-refractivity contribution in [1.29, 1.82) is 0 Å². The number of hydrogen-bond acceptors (Lipinski definition) is 3. The summed E-state index contributed by atoms with van der Waals surface area (Å²) in [5, 5.41) is 6.62. The van der Waals surface area contributed by atoms with Crippen molar-refractivity contribution in [1.82, 2.24) is 10.6 Å². The Morgan fingerprint density at radius 1 is 1.35 bits per heavy atom. The summed E-state index contributed by atoms with van der Waals surface area (Å²) < 4.78 is 6.57. The number of rotatable bonds is 7. The van der Waals surface area contributed by atoms with Crippen molar-refractivity contribution in [3.63, 3.8) is 0 Å². The molecule has 0 aromatic carbocycles. The Morgan fingerprint density at radius 2 is 2.12 bits per heavy atom. The smallest absolute Gasteiger partial charge is 0.223 e. The van der Waals surface area contributed by atoms with Crippen LogP contribution in [0.25, 0.3) is 0 Å². The molecule has 4 heteroatoms. The van der Waals surface area contributed by atoms with Crippen molar-refractivity contribution in [2.75, 3.05) is 19.6 Å². The van der Waals surface area contributed by atoms with E-state index in [-0.39, 0.29) is 17.4 Å². The molecule has 1 spiro atoms. The number of piperidine rings is 1. The topological polar surface area (TPSA) is 50.4 Å². The molecule has 2 heterocycles. The third-order valence-corrected chi connectivity index (χ3v) is 6.46. The number of hydrogen-bond donors (Lipinski definition) is 2. The molecule has 0 saturated carbocycles. The summed E-state index contributed by atoms with van der Waals surface area (Å²) >= 11 is 0. The molecule has 1 amide bonds. The molecule has 3 aliphatic rings. The van der Waals surface area contributed by atoms with Crippen molar-refractivity contribution in [2.45, 2.75) is 77.2 Å². The van der Waals surface area contributed by atoms with Crippen molar-refractivity contribution in [2.24, 2.45) is 11.8 Å². The van der Waals surface area contributed by atoms with Crippen molar-refractivity contribution in [3.8, 4) is 0 Å². The molecule has 2 N–H and O–H groups in total. The van der Waals surface area contributed by atoms with Crippen molar-refractivity contribution >= 4 is 5.91 Å². The molecular weight excluding hydrogens is 324 g/mol. The Kier molecular flexibility index (Phi) is 6.80. The number of allylic oxidation sites excluding steroid dienone is 4. The standard InChI is InChI=1S/C22H36N2O2/c1-3-17(4-2)21(25)24-13-7-8-18-16-22(11-14-23-15-12-22)26-20-10-6-5-9-19(18)20/h5,9,17-18,23H,3-4,6-8,10-16H2,1-2H3,(H,24,25). The summed E-state index contributed by atoms with van der Waals surface area (Å²) in [5.74, 6) is 2.24. The molecular formula is C22H36N2O2. The van der Waals surface area contributed by atoms with Crippen LogP contribution in [0.15, 0.2) is 23.5 Å². The Balaban J connectivity index is 1.57. The molecule has 1 unspecified atom stereocenters. The summed E-state index contributed by atoms with van der Waals surface area (Å²) in [6, 6.07) is 0. The molecule has 0 bridgehead atoms. The predicted octanol–water partition coefficient (Wildman–Crippen LogP) is 4.08. The first-order valence-electron chi connectivity index (χ1n) is 10.7. The minimum absolute atomic E-state index is 0.0543. The molecule has 4 nitrogen and oxygen atoms in total. The van der Waals surface area contributed by atoms with Gasteiger partial charge in [0.15, 0.2) is 0 Å². The summed E-state index contributed by atoms with van der Waals surface area (Å²) in [7, 11) is 0. The van der Waals surface area contributed by atoms with E-state index < -0.39 is 0 Å². The van der Waals surface area contributed by atoms with Crippen LogP contribution in [0, 0.1) is 11.8 Å². The van der Waals surface area contributed by atoms with Gasteiger partial charge in [-0.05, 0) is 75.9 Å². The zero-order valence-corrected chi connectivity index (χ0v) is 16.6. The predicted molar refractivity (Wildman–Crippen MR) is 106 cm³/mol. The molecule has 146 valence electrons. The maximum Gasteiger partial charge on any atom is 0.223 e. The molecule has 0 radical (unpaired) electrons.